The Balaban J connectivity index is 2.18. The molecule has 1 aromatic rings. The topological polar surface area (TPSA) is 74.5 Å². The number of benzene rings is 1. The second-order valence-electron chi connectivity index (χ2n) is 4.65. The fourth-order valence-electron chi connectivity index (χ4n) is 1.26. The van der Waals surface area contributed by atoms with Crippen LogP contribution in [0.2, 0.25) is 0 Å². The summed E-state index contributed by atoms with van der Waals surface area (Å²) in [4.78, 5) is 5.15. The Morgan fingerprint density at radius 1 is 1.26 bits per heavy atom. The molecule has 0 aliphatic heterocycles. The third kappa shape index (κ3) is 6.77. The van der Waals surface area contributed by atoms with Crippen molar-refractivity contribution in [3.8, 4) is 11.8 Å². The lowest BCUT2D eigenvalue weighted by Gasteiger charge is -2.14. The minimum absolute atomic E-state index is 0.171. The third-order valence-corrected chi connectivity index (χ3v) is 2.26. The Hall–Kier alpha value is -1.61. The van der Waals surface area contributed by atoms with Crippen molar-refractivity contribution in [3.05, 3.63) is 29.8 Å². The fourth-order valence-corrected chi connectivity index (χ4v) is 1.26. The predicted molar refractivity (Wildman–Crippen MR) is 71.5 cm³/mol. The quantitative estimate of drug-likeness (QED) is 0.549. The number of hydrogen-bond donors (Lipinski definition) is 2. The van der Waals surface area contributed by atoms with Crippen molar-refractivity contribution < 1.29 is 14.7 Å². The summed E-state index contributed by atoms with van der Waals surface area (Å²) in [7, 11) is 0. The zero-order valence-corrected chi connectivity index (χ0v) is 11.3. The summed E-state index contributed by atoms with van der Waals surface area (Å²) in [5.41, 5.74) is 3.28. The van der Waals surface area contributed by atoms with E-state index >= 15 is 0 Å². The average molecular weight is 264 g/mol. The van der Waals surface area contributed by atoms with Crippen LogP contribution < -0.4 is 10.2 Å². The molecule has 104 valence electrons. The van der Waals surface area contributed by atoms with Gasteiger partial charge in [-0.3, -0.25) is 0 Å². The van der Waals surface area contributed by atoms with E-state index in [0.29, 0.717) is 30.4 Å². The van der Waals surface area contributed by atoms with Crippen LogP contribution in [-0.2, 0) is 4.84 Å². The molecule has 5 heteroatoms. The lowest BCUT2D eigenvalue weighted by atomic mass is 10.2. The molecule has 19 heavy (non-hydrogen) atoms. The normalized spacial score (nSPS) is 12.2. The van der Waals surface area contributed by atoms with E-state index in [-0.39, 0.29) is 6.61 Å². The molecule has 1 aromatic carbocycles. The Morgan fingerprint density at radius 3 is 2.53 bits per heavy atom. The molecule has 0 spiro atoms. The van der Waals surface area contributed by atoms with Crippen molar-refractivity contribution in [2.75, 3.05) is 19.8 Å². The van der Waals surface area contributed by atoms with Gasteiger partial charge in [0.05, 0.1) is 24.8 Å². The van der Waals surface area contributed by atoms with Gasteiger partial charge in [-0.2, -0.15) is 10.7 Å². The number of nitriles is 1. The minimum atomic E-state index is -0.650. The van der Waals surface area contributed by atoms with E-state index in [1.807, 2.05) is 19.9 Å². The van der Waals surface area contributed by atoms with Crippen molar-refractivity contribution in [3.63, 3.8) is 0 Å². The van der Waals surface area contributed by atoms with Crippen molar-refractivity contribution in [1.29, 1.82) is 5.26 Å². The highest BCUT2D eigenvalue weighted by Crippen LogP contribution is 2.11. The zero-order chi connectivity index (χ0) is 14.1. The first-order valence-electron chi connectivity index (χ1n) is 6.27. The molecule has 0 aliphatic rings. The maximum atomic E-state index is 9.66. The van der Waals surface area contributed by atoms with Crippen molar-refractivity contribution in [2.24, 2.45) is 5.92 Å². The van der Waals surface area contributed by atoms with E-state index in [0.717, 1.165) is 0 Å². The number of aliphatic hydroxyl groups excluding tert-OH is 1. The van der Waals surface area contributed by atoms with Gasteiger partial charge in [0.2, 0.25) is 0 Å². The second kappa shape index (κ2) is 8.48. The van der Waals surface area contributed by atoms with Gasteiger partial charge in [-0.25, -0.2) is 0 Å². The van der Waals surface area contributed by atoms with E-state index in [9.17, 15) is 5.11 Å². The largest absolute Gasteiger partial charge is 0.491 e. The molecule has 0 aromatic heterocycles. The number of hydroxylamine groups is 1. The summed E-state index contributed by atoms with van der Waals surface area (Å²) < 4.78 is 5.39. The number of ether oxygens (including phenoxy) is 1. The van der Waals surface area contributed by atoms with Crippen molar-refractivity contribution in [1.82, 2.24) is 5.48 Å². The van der Waals surface area contributed by atoms with E-state index < -0.39 is 6.10 Å². The molecule has 1 atom stereocenters. The van der Waals surface area contributed by atoms with Crippen LogP contribution in [0.1, 0.15) is 19.4 Å². The monoisotopic (exact) mass is 264 g/mol. The first-order valence-corrected chi connectivity index (χ1v) is 6.27. The zero-order valence-electron chi connectivity index (χ0n) is 11.3. The lowest BCUT2D eigenvalue weighted by Crippen LogP contribution is -2.32. The van der Waals surface area contributed by atoms with Gasteiger partial charge < -0.3 is 14.7 Å². The van der Waals surface area contributed by atoms with Crippen LogP contribution in [0.25, 0.3) is 0 Å². The molecule has 0 radical (unpaired) electrons. The fraction of sp³-hybridized carbons (Fsp3) is 0.500. The molecule has 0 aliphatic carbocycles. The Kier molecular flexibility index (Phi) is 6.90. The van der Waals surface area contributed by atoms with E-state index in [1.54, 1.807) is 24.3 Å². The van der Waals surface area contributed by atoms with Crippen molar-refractivity contribution in [2.45, 2.75) is 20.0 Å². The smallest absolute Gasteiger partial charge is 0.119 e. The van der Waals surface area contributed by atoms with Crippen LogP contribution in [0, 0.1) is 17.2 Å². The molecular formula is C14H20N2O3. The molecule has 0 saturated heterocycles. The maximum absolute atomic E-state index is 9.66. The Labute approximate surface area is 113 Å². The van der Waals surface area contributed by atoms with Gasteiger partial charge in [0.15, 0.2) is 0 Å². The molecule has 5 nitrogen and oxygen atoms in total. The van der Waals surface area contributed by atoms with Gasteiger partial charge in [-0.15, -0.1) is 0 Å². The number of aliphatic hydroxyl groups is 1. The molecule has 0 fully saturated rings. The minimum Gasteiger partial charge on any atom is -0.491 e. The van der Waals surface area contributed by atoms with Gasteiger partial charge in [-0.1, -0.05) is 13.8 Å². The SMILES string of the molecule is CC(C)CONCC(O)COc1ccc(C#N)cc1. The highest BCUT2D eigenvalue weighted by atomic mass is 16.6. The van der Waals surface area contributed by atoms with E-state index in [4.69, 9.17) is 14.8 Å². The highest BCUT2D eigenvalue weighted by molar-refractivity contribution is 5.34. The molecule has 2 N–H and O–H groups in total. The third-order valence-electron chi connectivity index (χ3n) is 2.26. The van der Waals surface area contributed by atoms with Gasteiger partial charge >= 0.3 is 0 Å². The van der Waals surface area contributed by atoms with Crippen LogP contribution in [0.4, 0.5) is 0 Å². The maximum Gasteiger partial charge on any atom is 0.119 e. The number of nitrogens with one attached hydrogen (secondary N) is 1. The first kappa shape index (κ1) is 15.4. The lowest BCUT2D eigenvalue weighted by molar-refractivity contribution is -0.00773. The van der Waals surface area contributed by atoms with Crippen LogP contribution in [-0.4, -0.2) is 31.0 Å². The summed E-state index contributed by atoms with van der Waals surface area (Å²) in [6.45, 7) is 5.17. The molecular weight excluding hydrogens is 244 g/mol. The molecule has 0 amide bonds. The standard InChI is InChI=1S/C14H20N2O3/c1-11(2)9-19-16-8-13(17)10-18-14-5-3-12(7-15)4-6-14/h3-6,11,13,16-17H,8-10H2,1-2H3. The Morgan fingerprint density at radius 2 is 1.95 bits per heavy atom. The summed E-state index contributed by atoms with van der Waals surface area (Å²) in [6, 6.07) is 8.78. The summed E-state index contributed by atoms with van der Waals surface area (Å²) in [6.07, 6.45) is -0.650. The second-order valence-corrected chi connectivity index (χ2v) is 4.65. The van der Waals surface area contributed by atoms with Crippen molar-refractivity contribution >= 4 is 0 Å². The molecule has 0 bridgehead atoms. The van der Waals surface area contributed by atoms with Crippen LogP contribution in [0.3, 0.4) is 0 Å². The number of hydrogen-bond acceptors (Lipinski definition) is 5. The molecule has 1 rings (SSSR count). The van der Waals surface area contributed by atoms with Gasteiger partial charge in [0.25, 0.3) is 0 Å². The molecule has 0 heterocycles. The van der Waals surface area contributed by atoms with Gasteiger partial charge in [-0.05, 0) is 30.2 Å². The van der Waals surface area contributed by atoms with E-state index in [2.05, 4.69) is 5.48 Å². The van der Waals surface area contributed by atoms with Crippen LogP contribution >= 0.6 is 0 Å². The average Bonchev–Trinajstić information content (AvgIpc) is 2.41. The van der Waals surface area contributed by atoms with Gasteiger partial charge in [0, 0.05) is 0 Å². The predicted octanol–water partition coefficient (Wildman–Crippen LogP) is 1.48. The van der Waals surface area contributed by atoms with Gasteiger partial charge in [0.1, 0.15) is 18.5 Å². The summed E-state index contributed by atoms with van der Waals surface area (Å²) in [5, 5.41) is 18.3. The first-order chi connectivity index (χ1) is 9.11. The molecule has 0 saturated carbocycles. The summed E-state index contributed by atoms with van der Waals surface area (Å²) in [5.74, 6) is 1.07. The van der Waals surface area contributed by atoms with Crippen LogP contribution in [0.5, 0.6) is 5.75 Å². The Bertz CT molecular complexity index is 398. The summed E-state index contributed by atoms with van der Waals surface area (Å²) >= 11 is 0. The number of nitrogens with zero attached hydrogens (tertiary/aromatic N) is 1. The molecule has 1 unspecified atom stereocenters. The van der Waals surface area contributed by atoms with Crippen LogP contribution in [0.15, 0.2) is 24.3 Å². The van der Waals surface area contributed by atoms with E-state index in [1.165, 1.54) is 0 Å². The number of rotatable bonds is 8. The highest BCUT2D eigenvalue weighted by Gasteiger charge is 2.05.